The fourth-order valence-corrected chi connectivity index (χ4v) is 1.54. The highest BCUT2D eigenvalue weighted by molar-refractivity contribution is 5.94. The summed E-state index contributed by atoms with van der Waals surface area (Å²) in [5, 5.41) is 2.60. The van der Waals surface area contributed by atoms with Gasteiger partial charge in [-0.1, -0.05) is 13.8 Å². The predicted molar refractivity (Wildman–Crippen MR) is 73.4 cm³/mol. The summed E-state index contributed by atoms with van der Waals surface area (Å²) in [6, 6.07) is 2.71. The Kier molecular flexibility index (Phi) is 6.94. The number of benzene rings is 1. The highest BCUT2D eigenvalue weighted by atomic mass is 35.5. The second-order valence-corrected chi connectivity index (χ2v) is 4.41. The zero-order chi connectivity index (χ0) is 13.8. The van der Waals surface area contributed by atoms with Crippen LogP contribution in [0.5, 0.6) is 0 Å². The lowest BCUT2D eigenvalue weighted by Crippen LogP contribution is -2.49. The minimum Gasteiger partial charge on any atom is -0.350 e. The third-order valence-electron chi connectivity index (χ3n) is 3.13. The molecule has 1 aromatic rings. The summed E-state index contributed by atoms with van der Waals surface area (Å²) < 4.78 is 25.9. The molecule has 0 saturated heterocycles. The molecule has 0 aliphatic heterocycles. The van der Waals surface area contributed by atoms with Gasteiger partial charge in [0.05, 0.1) is 0 Å². The van der Waals surface area contributed by atoms with Gasteiger partial charge < -0.3 is 11.1 Å². The summed E-state index contributed by atoms with van der Waals surface area (Å²) in [7, 11) is 0. The van der Waals surface area contributed by atoms with E-state index in [-0.39, 0.29) is 24.5 Å². The van der Waals surface area contributed by atoms with Crippen LogP contribution in [0.3, 0.4) is 0 Å². The van der Waals surface area contributed by atoms with E-state index in [4.69, 9.17) is 5.73 Å². The van der Waals surface area contributed by atoms with Crippen molar-refractivity contribution in [1.29, 1.82) is 0 Å². The van der Waals surface area contributed by atoms with E-state index in [2.05, 4.69) is 5.32 Å². The van der Waals surface area contributed by atoms with Crippen LogP contribution in [0.4, 0.5) is 8.78 Å². The van der Waals surface area contributed by atoms with Gasteiger partial charge in [-0.25, -0.2) is 8.78 Å². The number of hydrogen-bond donors (Lipinski definition) is 2. The van der Waals surface area contributed by atoms with Gasteiger partial charge in [0, 0.05) is 23.7 Å². The third kappa shape index (κ3) is 5.12. The average molecular weight is 293 g/mol. The first kappa shape index (κ1) is 17.8. The average Bonchev–Trinajstić information content (AvgIpc) is 2.34. The Morgan fingerprint density at radius 3 is 2.11 bits per heavy atom. The van der Waals surface area contributed by atoms with Crippen LogP contribution in [-0.4, -0.2) is 18.0 Å². The first-order chi connectivity index (χ1) is 8.40. The molecule has 0 saturated carbocycles. The van der Waals surface area contributed by atoms with Crippen LogP contribution < -0.4 is 11.1 Å². The molecule has 0 unspecified atom stereocenters. The van der Waals surface area contributed by atoms with Crippen LogP contribution >= 0.6 is 12.4 Å². The third-order valence-corrected chi connectivity index (χ3v) is 3.13. The Morgan fingerprint density at radius 1 is 1.21 bits per heavy atom. The normalized spacial score (nSPS) is 10.8. The molecule has 0 radical (unpaired) electrons. The van der Waals surface area contributed by atoms with E-state index >= 15 is 0 Å². The van der Waals surface area contributed by atoms with Gasteiger partial charge in [0.2, 0.25) is 0 Å². The molecule has 3 nitrogen and oxygen atoms in total. The minimum atomic E-state index is -0.773. The lowest BCUT2D eigenvalue weighted by molar-refractivity contribution is 0.0941. The Labute approximate surface area is 118 Å². The quantitative estimate of drug-likeness (QED) is 0.876. The summed E-state index contributed by atoms with van der Waals surface area (Å²) >= 11 is 0. The van der Waals surface area contributed by atoms with Crippen molar-refractivity contribution in [2.45, 2.75) is 32.2 Å². The van der Waals surface area contributed by atoms with Crippen molar-refractivity contribution in [3.05, 3.63) is 35.4 Å². The maximum absolute atomic E-state index is 13.0. The Bertz CT molecular complexity index is 416. The SMILES string of the molecule is CCC(N)(CC)CNC(=O)c1cc(F)cc(F)c1.Cl. The lowest BCUT2D eigenvalue weighted by Gasteiger charge is -2.26. The summed E-state index contributed by atoms with van der Waals surface area (Å²) in [6.45, 7) is 4.13. The zero-order valence-corrected chi connectivity index (χ0v) is 11.8. The molecule has 0 aliphatic carbocycles. The summed E-state index contributed by atoms with van der Waals surface area (Å²) in [4.78, 5) is 11.7. The Morgan fingerprint density at radius 2 is 1.68 bits per heavy atom. The maximum Gasteiger partial charge on any atom is 0.251 e. The fraction of sp³-hybridized carbons (Fsp3) is 0.462. The topological polar surface area (TPSA) is 55.1 Å². The highest BCUT2D eigenvalue weighted by Gasteiger charge is 2.21. The molecule has 0 aliphatic rings. The van der Waals surface area contributed by atoms with Gasteiger partial charge in [-0.05, 0) is 25.0 Å². The van der Waals surface area contributed by atoms with Crippen molar-refractivity contribution >= 4 is 18.3 Å². The zero-order valence-electron chi connectivity index (χ0n) is 11.0. The molecule has 108 valence electrons. The van der Waals surface area contributed by atoms with Gasteiger partial charge >= 0.3 is 0 Å². The van der Waals surface area contributed by atoms with Crippen molar-refractivity contribution in [3.8, 4) is 0 Å². The van der Waals surface area contributed by atoms with Crippen molar-refractivity contribution in [3.63, 3.8) is 0 Å². The molecule has 1 rings (SSSR count). The van der Waals surface area contributed by atoms with Crippen molar-refractivity contribution < 1.29 is 13.6 Å². The van der Waals surface area contributed by atoms with Crippen LogP contribution in [0, 0.1) is 11.6 Å². The maximum atomic E-state index is 13.0. The van der Waals surface area contributed by atoms with Crippen molar-refractivity contribution in [2.75, 3.05) is 6.54 Å². The second kappa shape index (κ2) is 7.40. The fourth-order valence-electron chi connectivity index (χ4n) is 1.54. The number of carbonyl (C=O) groups excluding carboxylic acids is 1. The molecule has 0 spiro atoms. The molecule has 19 heavy (non-hydrogen) atoms. The van der Waals surface area contributed by atoms with Gasteiger partial charge in [0.1, 0.15) is 11.6 Å². The summed E-state index contributed by atoms with van der Waals surface area (Å²) in [5.74, 6) is -2.07. The molecule has 6 heteroatoms. The standard InChI is InChI=1S/C13H18F2N2O.ClH/c1-3-13(16,4-2)8-17-12(18)9-5-10(14)7-11(15)6-9;/h5-7H,3-4,8,16H2,1-2H3,(H,17,18);1H. The highest BCUT2D eigenvalue weighted by Crippen LogP contribution is 2.11. The van der Waals surface area contributed by atoms with Crippen LogP contribution in [0.2, 0.25) is 0 Å². The largest absolute Gasteiger partial charge is 0.350 e. The number of nitrogens with two attached hydrogens (primary N) is 1. The van der Waals surface area contributed by atoms with E-state index in [1.54, 1.807) is 0 Å². The monoisotopic (exact) mass is 292 g/mol. The smallest absolute Gasteiger partial charge is 0.251 e. The van der Waals surface area contributed by atoms with E-state index < -0.39 is 23.1 Å². The number of amides is 1. The molecule has 0 heterocycles. The van der Waals surface area contributed by atoms with Crippen LogP contribution in [0.25, 0.3) is 0 Å². The number of nitrogens with one attached hydrogen (secondary N) is 1. The Balaban J connectivity index is 0.00000324. The van der Waals surface area contributed by atoms with Gasteiger partial charge in [0.15, 0.2) is 0 Å². The van der Waals surface area contributed by atoms with E-state index in [0.29, 0.717) is 12.8 Å². The van der Waals surface area contributed by atoms with Gasteiger partial charge in [-0.3, -0.25) is 4.79 Å². The van der Waals surface area contributed by atoms with Crippen LogP contribution in [0.15, 0.2) is 18.2 Å². The molecule has 0 aromatic heterocycles. The molecule has 1 amide bonds. The first-order valence-electron chi connectivity index (χ1n) is 5.93. The van der Waals surface area contributed by atoms with E-state index in [9.17, 15) is 13.6 Å². The Hall–Kier alpha value is -1.20. The minimum absolute atomic E-state index is 0. The van der Waals surface area contributed by atoms with Gasteiger partial charge in [-0.2, -0.15) is 0 Å². The molecule has 0 fully saturated rings. The molecule has 3 N–H and O–H groups in total. The molecule has 0 bridgehead atoms. The molecule has 0 atom stereocenters. The number of halogens is 3. The van der Waals surface area contributed by atoms with E-state index in [1.807, 2.05) is 13.8 Å². The van der Waals surface area contributed by atoms with Crippen molar-refractivity contribution in [1.82, 2.24) is 5.32 Å². The summed E-state index contributed by atoms with van der Waals surface area (Å²) in [5.41, 5.74) is 5.50. The molecule has 1 aromatic carbocycles. The van der Waals surface area contributed by atoms with Gasteiger partial charge in [0.25, 0.3) is 5.91 Å². The van der Waals surface area contributed by atoms with Gasteiger partial charge in [-0.15, -0.1) is 12.4 Å². The lowest BCUT2D eigenvalue weighted by atomic mass is 9.94. The summed E-state index contributed by atoms with van der Waals surface area (Å²) in [6.07, 6.45) is 1.42. The van der Waals surface area contributed by atoms with Crippen LogP contribution in [-0.2, 0) is 0 Å². The molecular formula is C13H19ClF2N2O. The second-order valence-electron chi connectivity index (χ2n) is 4.41. The number of carbonyl (C=O) groups is 1. The van der Waals surface area contributed by atoms with Crippen LogP contribution in [0.1, 0.15) is 37.0 Å². The number of hydrogen-bond acceptors (Lipinski definition) is 2. The molecular weight excluding hydrogens is 274 g/mol. The van der Waals surface area contributed by atoms with Crippen molar-refractivity contribution in [2.24, 2.45) is 5.73 Å². The van der Waals surface area contributed by atoms with E-state index in [1.165, 1.54) is 0 Å². The predicted octanol–water partition coefficient (Wildman–Crippen LogP) is 2.63. The first-order valence-corrected chi connectivity index (χ1v) is 5.93. The van der Waals surface area contributed by atoms with E-state index in [0.717, 1.165) is 18.2 Å². The number of rotatable bonds is 5.